The third-order valence-electron chi connectivity index (χ3n) is 6.00. The number of hydrogen-bond acceptors (Lipinski definition) is 8. The molecule has 4 rings (SSSR count). The van der Waals surface area contributed by atoms with Gasteiger partial charge in [0.2, 0.25) is 10.0 Å². The molecule has 12 heteroatoms. The molecular weight excluding hydrogens is 518 g/mol. The number of nitrogen functional groups attached to an aromatic ring is 1. The van der Waals surface area contributed by atoms with Crippen LogP contribution in [-0.2, 0) is 15.4 Å². The van der Waals surface area contributed by atoms with Gasteiger partial charge in [0.25, 0.3) is 5.91 Å². The SMILES string of the molecule is COc1c(NC(=O)c2ccc(C)c(-n3cc(-c4ccc(N)nc4)nn3)c2)cc(C(C)(C)C)cc1NS(C)(=O)=O. The van der Waals surface area contributed by atoms with Crippen LogP contribution >= 0.6 is 0 Å². The molecule has 0 unspecified atom stereocenters. The van der Waals surface area contributed by atoms with Gasteiger partial charge < -0.3 is 15.8 Å². The van der Waals surface area contributed by atoms with Gasteiger partial charge in [-0.25, -0.2) is 18.1 Å². The highest BCUT2D eigenvalue weighted by atomic mass is 32.2. The lowest BCUT2D eigenvalue weighted by Crippen LogP contribution is -2.18. The molecule has 0 bridgehead atoms. The number of hydrogen-bond donors (Lipinski definition) is 3. The van der Waals surface area contributed by atoms with E-state index in [1.807, 2.05) is 33.8 Å². The molecule has 0 saturated heterocycles. The number of carbonyl (C=O) groups is 1. The third-order valence-corrected chi connectivity index (χ3v) is 6.59. The molecule has 1 amide bonds. The van der Waals surface area contributed by atoms with E-state index in [0.717, 1.165) is 22.9 Å². The fraction of sp³-hybridized carbons (Fsp3) is 0.259. The Morgan fingerprint density at radius 2 is 1.79 bits per heavy atom. The minimum absolute atomic E-state index is 0.201. The maximum absolute atomic E-state index is 13.4. The van der Waals surface area contributed by atoms with Crippen molar-refractivity contribution in [1.29, 1.82) is 0 Å². The van der Waals surface area contributed by atoms with Gasteiger partial charge in [-0.15, -0.1) is 5.10 Å². The normalized spacial score (nSPS) is 11.7. The topological polar surface area (TPSA) is 154 Å². The molecule has 0 saturated carbocycles. The number of carbonyl (C=O) groups excluding carboxylic acids is 1. The second-order valence-electron chi connectivity index (χ2n) is 10.2. The van der Waals surface area contributed by atoms with Crippen LogP contribution in [0.25, 0.3) is 16.9 Å². The summed E-state index contributed by atoms with van der Waals surface area (Å²) in [5.41, 5.74) is 9.99. The summed E-state index contributed by atoms with van der Waals surface area (Å²) in [5.74, 6) is 0.200. The quantitative estimate of drug-likeness (QED) is 0.311. The van der Waals surface area contributed by atoms with Gasteiger partial charge in [0.05, 0.1) is 36.6 Å². The number of nitrogens with one attached hydrogen (secondary N) is 2. The lowest BCUT2D eigenvalue weighted by molar-refractivity contribution is 0.102. The second kappa shape index (κ2) is 10.4. The first-order chi connectivity index (χ1) is 18.2. The molecule has 0 atom stereocenters. The fourth-order valence-corrected chi connectivity index (χ4v) is 4.46. The molecule has 0 aliphatic rings. The van der Waals surface area contributed by atoms with E-state index < -0.39 is 15.9 Å². The molecule has 204 valence electrons. The van der Waals surface area contributed by atoms with E-state index in [1.54, 1.807) is 53.5 Å². The van der Waals surface area contributed by atoms with Crippen molar-refractivity contribution in [2.45, 2.75) is 33.1 Å². The Bertz CT molecular complexity index is 1640. The largest absolute Gasteiger partial charge is 0.492 e. The molecular formula is C27H31N7O4S. The minimum Gasteiger partial charge on any atom is -0.492 e. The van der Waals surface area contributed by atoms with Gasteiger partial charge in [0.15, 0.2) is 5.75 Å². The van der Waals surface area contributed by atoms with Crippen LogP contribution in [-0.4, -0.2) is 47.7 Å². The van der Waals surface area contributed by atoms with E-state index in [-0.39, 0.29) is 16.9 Å². The Hall–Kier alpha value is -4.45. The lowest BCUT2D eigenvalue weighted by Gasteiger charge is -2.24. The zero-order chi connectivity index (χ0) is 28.5. The van der Waals surface area contributed by atoms with Crippen LogP contribution in [0.4, 0.5) is 17.2 Å². The summed E-state index contributed by atoms with van der Waals surface area (Å²) in [6, 6.07) is 12.2. The zero-order valence-electron chi connectivity index (χ0n) is 22.6. The Kier molecular flexibility index (Phi) is 7.33. The summed E-state index contributed by atoms with van der Waals surface area (Å²) < 4.78 is 33.6. The van der Waals surface area contributed by atoms with Gasteiger partial charge in [-0.3, -0.25) is 9.52 Å². The summed E-state index contributed by atoms with van der Waals surface area (Å²) in [7, 11) is -2.18. The molecule has 0 fully saturated rings. The number of aromatic nitrogens is 4. The van der Waals surface area contributed by atoms with E-state index in [4.69, 9.17) is 10.5 Å². The van der Waals surface area contributed by atoms with Crippen molar-refractivity contribution in [1.82, 2.24) is 20.0 Å². The van der Waals surface area contributed by atoms with Gasteiger partial charge in [-0.1, -0.05) is 32.1 Å². The van der Waals surface area contributed by atoms with Crippen LogP contribution in [0.2, 0.25) is 0 Å². The number of methoxy groups -OCH3 is 1. The molecule has 0 aliphatic carbocycles. The maximum Gasteiger partial charge on any atom is 0.255 e. The fourth-order valence-electron chi connectivity index (χ4n) is 3.91. The number of rotatable bonds is 7. The van der Waals surface area contributed by atoms with E-state index in [1.165, 1.54) is 7.11 Å². The molecule has 4 aromatic rings. The predicted molar refractivity (Wildman–Crippen MR) is 152 cm³/mol. The summed E-state index contributed by atoms with van der Waals surface area (Å²) in [6.07, 6.45) is 4.42. The summed E-state index contributed by atoms with van der Waals surface area (Å²) >= 11 is 0. The Morgan fingerprint density at radius 3 is 2.41 bits per heavy atom. The maximum atomic E-state index is 13.4. The first-order valence-corrected chi connectivity index (χ1v) is 13.9. The van der Waals surface area contributed by atoms with Crippen molar-refractivity contribution >= 4 is 33.1 Å². The number of aryl methyl sites for hydroxylation is 1. The Morgan fingerprint density at radius 1 is 1.08 bits per heavy atom. The first-order valence-electron chi connectivity index (χ1n) is 12.0. The van der Waals surface area contributed by atoms with Crippen molar-refractivity contribution in [3.05, 3.63) is 71.5 Å². The smallest absolute Gasteiger partial charge is 0.255 e. The molecule has 4 N–H and O–H groups in total. The van der Waals surface area contributed by atoms with Gasteiger partial charge in [-0.05, 0) is 59.9 Å². The molecule has 39 heavy (non-hydrogen) atoms. The predicted octanol–water partition coefficient (Wildman–Crippen LogP) is 4.15. The van der Waals surface area contributed by atoms with Gasteiger partial charge in [0, 0.05) is 17.3 Å². The highest BCUT2D eigenvalue weighted by Crippen LogP contribution is 2.39. The van der Waals surface area contributed by atoms with Crippen molar-refractivity contribution in [2.24, 2.45) is 0 Å². The van der Waals surface area contributed by atoms with E-state index in [2.05, 4.69) is 25.3 Å². The summed E-state index contributed by atoms with van der Waals surface area (Å²) in [6.45, 7) is 7.87. The number of sulfonamides is 1. The summed E-state index contributed by atoms with van der Waals surface area (Å²) in [5, 5.41) is 11.3. The minimum atomic E-state index is -3.60. The molecule has 11 nitrogen and oxygen atoms in total. The average Bonchev–Trinajstić information content (AvgIpc) is 3.33. The molecule has 2 aromatic carbocycles. The molecule has 2 aromatic heterocycles. The van der Waals surface area contributed by atoms with Crippen LogP contribution in [0.5, 0.6) is 5.75 Å². The zero-order valence-corrected chi connectivity index (χ0v) is 23.4. The Labute approximate surface area is 227 Å². The van der Waals surface area contributed by atoms with Crippen LogP contribution < -0.4 is 20.5 Å². The number of nitrogens with zero attached hydrogens (tertiary/aromatic N) is 4. The van der Waals surface area contributed by atoms with Gasteiger partial charge >= 0.3 is 0 Å². The standard InChI is InChI=1S/C27H31N7O4S/c1-16-7-8-17(11-23(16)34-15-22(31-33-34)18-9-10-24(28)29-14-18)26(35)30-20-12-19(27(2,3)4)13-21(25(20)38-5)32-39(6,36)37/h7-15,32H,1-6H3,(H2,28,29)(H,30,35). The van der Waals surface area contributed by atoms with Crippen molar-refractivity contribution < 1.29 is 17.9 Å². The molecule has 2 heterocycles. The van der Waals surface area contributed by atoms with Gasteiger partial charge in [-0.2, -0.15) is 0 Å². The number of pyridine rings is 1. The van der Waals surface area contributed by atoms with E-state index in [9.17, 15) is 13.2 Å². The van der Waals surface area contributed by atoms with Crippen molar-refractivity contribution in [3.63, 3.8) is 0 Å². The highest BCUT2D eigenvalue weighted by molar-refractivity contribution is 7.92. The number of anilines is 3. The van der Waals surface area contributed by atoms with Crippen LogP contribution in [0.1, 0.15) is 42.3 Å². The molecule has 0 aliphatic heterocycles. The number of ether oxygens (including phenoxy) is 1. The van der Waals surface area contributed by atoms with Crippen LogP contribution in [0.15, 0.2) is 54.9 Å². The number of benzene rings is 2. The molecule has 0 radical (unpaired) electrons. The average molecular weight is 550 g/mol. The first kappa shape index (κ1) is 27.6. The third kappa shape index (κ3) is 6.34. The number of amides is 1. The highest BCUT2D eigenvalue weighted by Gasteiger charge is 2.23. The van der Waals surface area contributed by atoms with Crippen molar-refractivity contribution in [2.75, 3.05) is 29.1 Å². The van der Waals surface area contributed by atoms with Gasteiger partial charge in [0.1, 0.15) is 11.5 Å². The second-order valence-corrected chi connectivity index (χ2v) is 12.0. The van der Waals surface area contributed by atoms with E-state index >= 15 is 0 Å². The summed E-state index contributed by atoms with van der Waals surface area (Å²) in [4.78, 5) is 17.5. The van der Waals surface area contributed by atoms with Crippen molar-refractivity contribution in [3.8, 4) is 22.7 Å². The molecule has 0 spiro atoms. The van der Waals surface area contributed by atoms with Crippen LogP contribution in [0.3, 0.4) is 0 Å². The number of nitrogens with two attached hydrogens (primary N) is 1. The van der Waals surface area contributed by atoms with E-state index in [0.29, 0.717) is 28.5 Å². The van der Waals surface area contributed by atoms with Crippen LogP contribution in [0, 0.1) is 6.92 Å². The Balaban J connectivity index is 1.69. The lowest BCUT2D eigenvalue weighted by atomic mass is 9.86. The monoisotopic (exact) mass is 549 g/mol.